The van der Waals surface area contributed by atoms with E-state index in [0.29, 0.717) is 13.1 Å². The average Bonchev–Trinajstić information content (AvgIpc) is 3.08. The van der Waals surface area contributed by atoms with E-state index in [1.54, 1.807) is 6.92 Å². The molecule has 0 aromatic heterocycles. The number of methoxy groups -OCH3 is 1. The van der Waals surface area contributed by atoms with Crippen LogP contribution in [-0.2, 0) is 14.8 Å². The number of carbonyl (C=O) groups excluding carboxylic acids is 1. The van der Waals surface area contributed by atoms with Crippen LogP contribution in [0.15, 0.2) is 23.1 Å². The number of ether oxygens (including phenoxy) is 1. The minimum atomic E-state index is -3.75. The van der Waals surface area contributed by atoms with E-state index >= 15 is 0 Å². The fraction of sp³-hybridized carbons (Fsp3) is 0.500. The van der Waals surface area contributed by atoms with Gasteiger partial charge in [0.1, 0.15) is 10.6 Å². The summed E-state index contributed by atoms with van der Waals surface area (Å²) in [4.78, 5) is 22.9. The van der Waals surface area contributed by atoms with E-state index in [4.69, 9.17) is 9.84 Å². The molecule has 1 aliphatic rings. The van der Waals surface area contributed by atoms with Crippen LogP contribution < -0.4 is 10.1 Å². The topological polar surface area (TPSA) is 113 Å². The Morgan fingerprint density at radius 1 is 1.32 bits per heavy atom. The first-order valence-electron chi connectivity index (χ1n) is 7.96. The molecule has 2 N–H and O–H groups in total. The van der Waals surface area contributed by atoms with Crippen molar-refractivity contribution in [2.24, 2.45) is 0 Å². The number of nitrogens with zero attached hydrogens (tertiary/aromatic N) is 1. The molecule has 8 nitrogen and oxygen atoms in total. The highest BCUT2D eigenvalue weighted by Crippen LogP contribution is 2.29. The molecular weight excluding hydrogens is 348 g/mol. The highest BCUT2D eigenvalue weighted by atomic mass is 32.2. The number of carbonyl (C=O) groups is 2. The normalized spacial score (nSPS) is 16.4. The van der Waals surface area contributed by atoms with E-state index in [2.05, 4.69) is 5.32 Å². The van der Waals surface area contributed by atoms with Crippen LogP contribution in [0.4, 0.5) is 0 Å². The molecule has 1 unspecified atom stereocenters. The molecule has 0 radical (unpaired) electrons. The number of hydrogen-bond donors (Lipinski definition) is 2. The molecule has 1 amide bonds. The zero-order chi connectivity index (χ0) is 18.6. The molecule has 1 heterocycles. The van der Waals surface area contributed by atoms with Crippen LogP contribution in [-0.4, -0.2) is 55.9 Å². The molecule has 9 heteroatoms. The zero-order valence-electron chi connectivity index (χ0n) is 14.2. The second kappa shape index (κ2) is 7.83. The van der Waals surface area contributed by atoms with E-state index in [9.17, 15) is 18.0 Å². The van der Waals surface area contributed by atoms with Crippen molar-refractivity contribution in [1.29, 1.82) is 0 Å². The van der Waals surface area contributed by atoms with Gasteiger partial charge in [0.15, 0.2) is 0 Å². The first-order valence-corrected chi connectivity index (χ1v) is 9.40. The number of carboxylic acids is 1. The average molecular weight is 370 g/mol. The van der Waals surface area contributed by atoms with Crippen molar-refractivity contribution in [1.82, 2.24) is 9.62 Å². The van der Waals surface area contributed by atoms with Crippen LogP contribution in [0.1, 0.15) is 36.5 Å². The standard InChI is InChI=1S/C16H22N2O6S/c1-11(9-15(19)20)17-16(21)12-5-6-13(24-2)14(10-12)25(22,23)18-7-3-4-8-18/h5-6,10-11H,3-4,7-9H2,1-2H3,(H,17,21)(H,19,20). The Balaban J connectivity index is 2.30. The van der Waals surface area contributed by atoms with Crippen LogP contribution in [0.2, 0.25) is 0 Å². The minimum Gasteiger partial charge on any atom is -0.495 e. The smallest absolute Gasteiger partial charge is 0.305 e. The molecule has 0 bridgehead atoms. The molecule has 1 aliphatic heterocycles. The summed E-state index contributed by atoms with van der Waals surface area (Å²) < 4.78 is 32.1. The molecule has 0 spiro atoms. The highest BCUT2D eigenvalue weighted by Gasteiger charge is 2.30. The summed E-state index contributed by atoms with van der Waals surface area (Å²) in [6.45, 7) is 2.45. The molecule has 138 valence electrons. The summed E-state index contributed by atoms with van der Waals surface area (Å²) in [5.74, 6) is -1.39. The van der Waals surface area contributed by atoms with Crippen LogP contribution in [0.3, 0.4) is 0 Å². The van der Waals surface area contributed by atoms with Gasteiger partial charge in [-0.25, -0.2) is 8.42 Å². The fourth-order valence-electron chi connectivity index (χ4n) is 2.71. The monoisotopic (exact) mass is 370 g/mol. The summed E-state index contributed by atoms with van der Waals surface area (Å²) >= 11 is 0. The number of sulfonamides is 1. The molecular formula is C16H22N2O6S. The molecule has 1 atom stereocenters. The first kappa shape index (κ1) is 19.2. The lowest BCUT2D eigenvalue weighted by Crippen LogP contribution is -2.34. The predicted molar refractivity (Wildman–Crippen MR) is 90.2 cm³/mol. The third-order valence-corrected chi connectivity index (χ3v) is 5.89. The highest BCUT2D eigenvalue weighted by molar-refractivity contribution is 7.89. The molecule has 0 saturated carbocycles. The third-order valence-electron chi connectivity index (χ3n) is 3.97. The van der Waals surface area contributed by atoms with Crippen molar-refractivity contribution in [3.05, 3.63) is 23.8 Å². The van der Waals surface area contributed by atoms with Gasteiger partial charge in [0, 0.05) is 24.7 Å². The van der Waals surface area contributed by atoms with Crippen LogP contribution in [0.25, 0.3) is 0 Å². The van der Waals surface area contributed by atoms with Crippen LogP contribution >= 0.6 is 0 Å². The van der Waals surface area contributed by atoms with E-state index in [1.165, 1.54) is 29.6 Å². The van der Waals surface area contributed by atoms with Crippen molar-refractivity contribution in [3.63, 3.8) is 0 Å². The maximum Gasteiger partial charge on any atom is 0.305 e. The molecule has 1 aromatic rings. The number of amides is 1. The lowest BCUT2D eigenvalue weighted by Gasteiger charge is -2.18. The fourth-order valence-corrected chi connectivity index (χ4v) is 4.41. The summed E-state index contributed by atoms with van der Waals surface area (Å²) in [5, 5.41) is 11.3. The summed E-state index contributed by atoms with van der Waals surface area (Å²) in [6, 6.07) is 3.57. The summed E-state index contributed by atoms with van der Waals surface area (Å²) in [5.41, 5.74) is 0.135. The number of aliphatic carboxylic acids is 1. The second-order valence-corrected chi connectivity index (χ2v) is 7.86. The SMILES string of the molecule is COc1ccc(C(=O)NC(C)CC(=O)O)cc1S(=O)(=O)N1CCCC1. The van der Waals surface area contributed by atoms with E-state index in [-0.39, 0.29) is 22.6 Å². The van der Waals surface area contributed by atoms with Gasteiger partial charge in [-0.1, -0.05) is 0 Å². The van der Waals surface area contributed by atoms with Gasteiger partial charge in [0.2, 0.25) is 10.0 Å². The van der Waals surface area contributed by atoms with Crippen molar-refractivity contribution in [2.45, 2.75) is 37.1 Å². The molecule has 1 saturated heterocycles. The maximum absolute atomic E-state index is 12.8. The Kier molecular flexibility index (Phi) is 6.02. The van der Waals surface area contributed by atoms with Gasteiger partial charge >= 0.3 is 5.97 Å². The number of carboxylic acid groups (broad SMARTS) is 1. The number of nitrogens with one attached hydrogen (secondary N) is 1. The lowest BCUT2D eigenvalue weighted by molar-refractivity contribution is -0.137. The van der Waals surface area contributed by atoms with Crippen molar-refractivity contribution in [2.75, 3.05) is 20.2 Å². The Morgan fingerprint density at radius 3 is 2.52 bits per heavy atom. The quantitative estimate of drug-likeness (QED) is 0.742. The first-order chi connectivity index (χ1) is 11.8. The Labute approximate surface area is 146 Å². The van der Waals surface area contributed by atoms with Crippen molar-refractivity contribution >= 4 is 21.9 Å². The predicted octanol–water partition coefficient (Wildman–Crippen LogP) is 1.07. The summed E-state index contributed by atoms with van der Waals surface area (Å²) in [7, 11) is -2.38. The van der Waals surface area contributed by atoms with Gasteiger partial charge in [-0.2, -0.15) is 4.31 Å². The summed E-state index contributed by atoms with van der Waals surface area (Å²) in [6.07, 6.45) is 1.38. The molecule has 1 aromatic carbocycles. The number of hydrogen-bond acceptors (Lipinski definition) is 5. The van der Waals surface area contributed by atoms with Gasteiger partial charge in [-0.3, -0.25) is 9.59 Å². The van der Waals surface area contributed by atoms with Gasteiger partial charge < -0.3 is 15.2 Å². The van der Waals surface area contributed by atoms with E-state index < -0.39 is 27.9 Å². The second-order valence-electron chi connectivity index (χ2n) is 5.95. The van der Waals surface area contributed by atoms with E-state index in [0.717, 1.165) is 12.8 Å². The van der Waals surface area contributed by atoms with Crippen LogP contribution in [0.5, 0.6) is 5.75 Å². The van der Waals surface area contributed by atoms with Crippen LogP contribution in [0, 0.1) is 0 Å². The maximum atomic E-state index is 12.8. The Morgan fingerprint density at radius 2 is 1.96 bits per heavy atom. The van der Waals surface area contributed by atoms with Gasteiger partial charge in [0.25, 0.3) is 5.91 Å². The Bertz CT molecular complexity index is 756. The van der Waals surface area contributed by atoms with Gasteiger partial charge in [-0.05, 0) is 38.0 Å². The van der Waals surface area contributed by atoms with Crippen molar-refractivity contribution in [3.8, 4) is 5.75 Å². The molecule has 1 fully saturated rings. The molecule has 25 heavy (non-hydrogen) atoms. The third kappa shape index (κ3) is 4.49. The zero-order valence-corrected chi connectivity index (χ0v) is 15.0. The number of benzene rings is 1. The molecule has 0 aliphatic carbocycles. The van der Waals surface area contributed by atoms with Gasteiger partial charge in [-0.15, -0.1) is 0 Å². The van der Waals surface area contributed by atoms with Crippen molar-refractivity contribution < 1.29 is 27.9 Å². The minimum absolute atomic E-state index is 0.0598. The van der Waals surface area contributed by atoms with Gasteiger partial charge in [0.05, 0.1) is 13.5 Å². The lowest BCUT2D eigenvalue weighted by atomic mass is 10.1. The largest absolute Gasteiger partial charge is 0.495 e. The Hall–Kier alpha value is -2.13. The molecule has 2 rings (SSSR count). The van der Waals surface area contributed by atoms with E-state index in [1.807, 2.05) is 0 Å². The number of rotatable bonds is 7.